The first kappa shape index (κ1) is 20.5. The topological polar surface area (TPSA) is 33.6 Å². The zero-order chi connectivity index (χ0) is 21.5. The maximum Gasteiger partial charge on any atom is 0.416 e. The fourth-order valence-electron chi connectivity index (χ4n) is 5.35. The third-order valence-electron chi connectivity index (χ3n) is 6.90. The van der Waals surface area contributed by atoms with E-state index in [0.717, 1.165) is 77.5 Å². The normalized spacial score (nSPS) is 23.1. The highest BCUT2D eigenvalue weighted by Crippen LogP contribution is 2.37. The van der Waals surface area contributed by atoms with E-state index in [-0.39, 0.29) is 0 Å². The van der Waals surface area contributed by atoms with Gasteiger partial charge in [-0.3, -0.25) is 4.48 Å². The monoisotopic (exact) mass is 430 g/mol. The fourth-order valence-corrected chi connectivity index (χ4v) is 5.35. The first-order chi connectivity index (χ1) is 15.0. The summed E-state index contributed by atoms with van der Waals surface area (Å²) < 4.78 is 45.8. The van der Waals surface area contributed by atoms with Gasteiger partial charge in [0.15, 0.2) is 0 Å². The summed E-state index contributed by atoms with van der Waals surface area (Å²) in [6.07, 6.45) is -0.829. The Kier molecular flexibility index (Phi) is 5.26. The van der Waals surface area contributed by atoms with E-state index in [0.29, 0.717) is 19.2 Å². The lowest BCUT2D eigenvalue weighted by atomic mass is 9.99. The molecule has 2 aromatic carbocycles. The van der Waals surface area contributed by atoms with Crippen LogP contribution in [0.15, 0.2) is 47.5 Å². The van der Waals surface area contributed by atoms with Crippen molar-refractivity contribution in [2.24, 2.45) is 4.99 Å². The van der Waals surface area contributed by atoms with E-state index < -0.39 is 11.7 Å². The van der Waals surface area contributed by atoms with Crippen molar-refractivity contribution in [2.75, 3.05) is 39.3 Å². The summed E-state index contributed by atoms with van der Waals surface area (Å²) in [6.45, 7) is 5.35. The minimum atomic E-state index is -4.33. The minimum absolute atomic E-state index is 0.502. The standard InChI is InChI=1S/C24H27F3N3O/c25-24(26,27)19-6-3-17(4-7-19)18-5-8-22-21(15-18)23(29-11-14-31-22)30(12-1-2-13-30)20-9-10-28-16-20/h3-8,15,20,28H,1-2,9-14,16H2/q+1. The molecule has 3 aliphatic rings. The molecule has 5 rings (SSSR count). The van der Waals surface area contributed by atoms with Crippen LogP contribution in [0.2, 0.25) is 0 Å². The van der Waals surface area contributed by atoms with Crippen LogP contribution in [0.25, 0.3) is 11.1 Å². The summed E-state index contributed by atoms with van der Waals surface area (Å²) in [5.74, 6) is 1.91. The third kappa shape index (κ3) is 3.74. The van der Waals surface area contributed by atoms with Gasteiger partial charge in [0.1, 0.15) is 18.4 Å². The number of hydrogen-bond donors (Lipinski definition) is 1. The number of hydrogen-bond acceptors (Lipinski definition) is 3. The van der Waals surface area contributed by atoms with Crippen LogP contribution in [0.4, 0.5) is 13.2 Å². The third-order valence-corrected chi connectivity index (χ3v) is 6.90. The molecule has 3 heterocycles. The summed E-state index contributed by atoms with van der Waals surface area (Å²) >= 11 is 0. The molecular formula is C24H27F3N3O+. The van der Waals surface area contributed by atoms with E-state index in [9.17, 15) is 13.2 Å². The highest BCUT2D eigenvalue weighted by Gasteiger charge is 2.47. The Labute approximate surface area is 180 Å². The molecule has 2 saturated heterocycles. The molecule has 0 saturated carbocycles. The Morgan fingerprint density at radius 3 is 2.42 bits per heavy atom. The van der Waals surface area contributed by atoms with Crippen LogP contribution in [0.3, 0.4) is 0 Å². The molecule has 2 fully saturated rings. The van der Waals surface area contributed by atoms with Crippen LogP contribution < -0.4 is 10.1 Å². The van der Waals surface area contributed by atoms with Crippen molar-refractivity contribution in [2.45, 2.75) is 31.5 Å². The Morgan fingerprint density at radius 2 is 1.74 bits per heavy atom. The summed E-state index contributed by atoms with van der Waals surface area (Å²) in [4.78, 5) is 5.03. The van der Waals surface area contributed by atoms with Gasteiger partial charge in [-0.2, -0.15) is 13.2 Å². The van der Waals surface area contributed by atoms with E-state index in [1.54, 1.807) is 12.1 Å². The molecular weight excluding hydrogens is 403 g/mol. The largest absolute Gasteiger partial charge is 0.491 e. The van der Waals surface area contributed by atoms with E-state index in [1.807, 2.05) is 12.1 Å². The second kappa shape index (κ2) is 7.95. The van der Waals surface area contributed by atoms with Crippen LogP contribution in [-0.4, -0.2) is 55.7 Å². The summed E-state index contributed by atoms with van der Waals surface area (Å²) in [5.41, 5.74) is 2.00. The lowest BCUT2D eigenvalue weighted by Crippen LogP contribution is -2.58. The SMILES string of the molecule is FC(F)(F)c1ccc(-c2ccc3c(c2)C([N+]2(C4CCNC4)CCCC2)=NCCO3)cc1. The maximum atomic E-state index is 13.0. The molecule has 1 unspecified atom stereocenters. The molecule has 4 nitrogen and oxygen atoms in total. The van der Waals surface area contributed by atoms with Crippen molar-refractivity contribution in [3.63, 3.8) is 0 Å². The summed E-state index contributed by atoms with van der Waals surface area (Å²) in [6, 6.07) is 11.8. The Morgan fingerprint density at radius 1 is 1.00 bits per heavy atom. The van der Waals surface area contributed by atoms with Crippen LogP contribution in [-0.2, 0) is 6.18 Å². The first-order valence-electron chi connectivity index (χ1n) is 11.0. The maximum absolute atomic E-state index is 13.0. The quantitative estimate of drug-likeness (QED) is 0.713. The zero-order valence-electron chi connectivity index (χ0n) is 17.4. The average molecular weight is 430 g/mol. The number of amidine groups is 1. The lowest BCUT2D eigenvalue weighted by Gasteiger charge is -2.39. The van der Waals surface area contributed by atoms with Gasteiger partial charge >= 0.3 is 6.18 Å². The number of ether oxygens (including phenoxy) is 1. The Bertz CT molecular complexity index is 973. The number of aliphatic imine (C=N–C) groups is 1. The van der Waals surface area contributed by atoms with Gasteiger partial charge in [-0.1, -0.05) is 18.2 Å². The number of quaternary nitrogens is 1. The van der Waals surface area contributed by atoms with Crippen molar-refractivity contribution in [3.8, 4) is 16.9 Å². The molecule has 0 spiro atoms. The smallest absolute Gasteiger partial charge is 0.416 e. The molecule has 0 amide bonds. The summed E-state index contributed by atoms with van der Waals surface area (Å²) in [5, 5.41) is 3.51. The number of likely N-dealkylation sites (tertiary alicyclic amines) is 1. The second-order valence-electron chi connectivity index (χ2n) is 8.67. The van der Waals surface area contributed by atoms with Crippen LogP contribution in [0, 0.1) is 0 Å². The first-order valence-corrected chi connectivity index (χ1v) is 11.0. The predicted molar refractivity (Wildman–Crippen MR) is 114 cm³/mol. The van der Waals surface area contributed by atoms with Crippen molar-refractivity contribution in [3.05, 3.63) is 53.6 Å². The number of nitrogens with zero attached hydrogens (tertiary/aromatic N) is 2. The van der Waals surface area contributed by atoms with Gasteiger partial charge in [-0.05, 0) is 35.4 Å². The van der Waals surface area contributed by atoms with Crippen molar-refractivity contribution in [1.29, 1.82) is 0 Å². The molecule has 1 N–H and O–H groups in total. The molecule has 7 heteroatoms. The van der Waals surface area contributed by atoms with E-state index in [2.05, 4.69) is 11.4 Å². The van der Waals surface area contributed by atoms with E-state index >= 15 is 0 Å². The number of benzene rings is 2. The molecule has 2 aromatic rings. The molecule has 0 radical (unpaired) electrons. The number of nitrogens with one attached hydrogen (secondary N) is 1. The highest BCUT2D eigenvalue weighted by molar-refractivity contribution is 5.98. The van der Waals surface area contributed by atoms with Gasteiger partial charge in [0.2, 0.25) is 5.84 Å². The van der Waals surface area contributed by atoms with Gasteiger partial charge in [-0.25, -0.2) is 4.99 Å². The Balaban J connectivity index is 1.56. The van der Waals surface area contributed by atoms with Gasteiger partial charge in [0.05, 0.1) is 30.8 Å². The lowest BCUT2D eigenvalue weighted by molar-refractivity contribution is -0.852. The van der Waals surface area contributed by atoms with E-state index in [1.165, 1.54) is 12.8 Å². The molecule has 31 heavy (non-hydrogen) atoms. The van der Waals surface area contributed by atoms with Gasteiger partial charge in [0, 0.05) is 32.4 Å². The molecule has 164 valence electrons. The highest BCUT2D eigenvalue weighted by atomic mass is 19.4. The van der Waals surface area contributed by atoms with Crippen LogP contribution in [0.1, 0.15) is 30.4 Å². The second-order valence-corrected chi connectivity index (χ2v) is 8.67. The molecule has 0 aliphatic carbocycles. The predicted octanol–water partition coefficient (Wildman–Crippen LogP) is 4.48. The number of halogens is 3. The van der Waals surface area contributed by atoms with Crippen molar-refractivity contribution >= 4 is 5.84 Å². The van der Waals surface area contributed by atoms with Gasteiger partial charge in [-0.15, -0.1) is 0 Å². The van der Waals surface area contributed by atoms with E-state index in [4.69, 9.17) is 9.73 Å². The zero-order valence-corrected chi connectivity index (χ0v) is 17.4. The molecule has 0 aromatic heterocycles. The number of fused-ring (bicyclic) bond motifs is 1. The molecule has 3 aliphatic heterocycles. The Hall–Kier alpha value is -2.38. The summed E-state index contributed by atoms with van der Waals surface area (Å²) in [7, 11) is 0. The van der Waals surface area contributed by atoms with Gasteiger partial charge < -0.3 is 10.1 Å². The van der Waals surface area contributed by atoms with Crippen LogP contribution >= 0.6 is 0 Å². The average Bonchev–Trinajstić information content (AvgIpc) is 3.43. The number of alkyl halides is 3. The number of rotatable bonds is 2. The molecule has 0 bridgehead atoms. The van der Waals surface area contributed by atoms with Crippen LogP contribution in [0.5, 0.6) is 5.75 Å². The molecule has 1 atom stereocenters. The van der Waals surface area contributed by atoms with Gasteiger partial charge in [0.25, 0.3) is 0 Å². The fraction of sp³-hybridized carbons (Fsp3) is 0.458. The van der Waals surface area contributed by atoms with Crippen molar-refractivity contribution in [1.82, 2.24) is 5.32 Å². The minimum Gasteiger partial charge on any atom is -0.491 e. The van der Waals surface area contributed by atoms with Crippen molar-refractivity contribution < 1.29 is 22.4 Å².